The summed E-state index contributed by atoms with van der Waals surface area (Å²) in [5.74, 6) is 0. The lowest BCUT2D eigenvalue weighted by Crippen LogP contribution is -2.12. The molecule has 0 aliphatic carbocycles. The van der Waals surface area contributed by atoms with Gasteiger partial charge in [0.1, 0.15) is 0 Å². The summed E-state index contributed by atoms with van der Waals surface area (Å²) in [6.45, 7) is 5.17. The molecule has 1 N–H and O–H groups in total. The van der Waals surface area contributed by atoms with Crippen LogP contribution in [0.25, 0.3) is 0 Å². The van der Waals surface area contributed by atoms with Crippen LogP contribution in [0.5, 0.6) is 0 Å². The zero-order valence-electron chi connectivity index (χ0n) is 12.6. The largest absolute Gasteiger partial charge is 0.368 e. The van der Waals surface area contributed by atoms with Crippen molar-refractivity contribution in [2.45, 2.75) is 97.2 Å². The van der Waals surface area contributed by atoms with Crippen LogP contribution in [-0.4, -0.2) is 18.0 Å². The predicted octanol–water partition coefficient (Wildman–Crippen LogP) is 5.04. The number of aliphatic hydroxyl groups is 1. The molecule has 0 aromatic carbocycles. The maximum absolute atomic E-state index is 9.62. The van der Waals surface area contributed by atoms with Crippen LogP contribution in [0.3, 0.4) is 0 Å². The van der Waals surface area contributed by atoms with Crippen LogP contribution < -0.4 is 0 Å². The molecule has 0 aliphatic rings. The second-order valence-corrected chi connectivity index (χ2v) is 5.30. The van der Waals surface area contributed by atoms with Crippen LogP contribution in [0.4, 0.5) is 0 Å². The zero-order valence-corrected chi connectivity index (χ0v) is 12.6. The van der Waals surface area contributed by atoms with Gasteiger partial charge in [-0.3, -0.25) is 0 Å². The van der Waals surface area contributed by atoms with Crippen molar-refractivity contribution in [3.05, 3.63) is 0 Å². The van der Waals surface area contributed by atoms with Crippen molar-refractivity contribution in [2.24, 2.45) is 0 Å². The molecular weight excluding hydrogens is 224 g/mol. The normalized spacial score (nSPS) is 12.8. The third-order valence-corrected chi connectivity index (χ3v) is 3.36. The Hall–Kier alpha value is -0.0800. The van der Waals surface area contributed by atoms with E-state index >= 15 is 0 Å². The van der Waals surface area contributed by atoms with Crippen molar-refractivity contribution >= 4 is 0 Å². The topological polar surface area (TPSA) is 29.5 Å². The molecule has 0 fully saturated rings. The number of unbranched alkanes of at least 4 members (excludes halogenated alkanes) is 9. The van der Waals surface area contributed by atoms with Crippen LogP contribution in [0, 0.1) is 0 Å². The van der Waals surface area contributed by atoms with Crippen LogP contribution in [-0.2, 0) is 4.74 Å². The maximum Gasteiger partial charge on any atom is 0.154 e. The van der Waals surface area contributed by atoms with Crippen LogP contribution in [0.2, 0.25) is 0 Å². The van der Waals surface area contributed by atoms with E-state index < -0.39 is 6.29 Å². The second kappa shape index (κ2) is 15.0. The highest BCUT2D eigenvalue weighted by molar-refractivity contribution is 4.48. The third kappa shape index (κ3) is 14.0. The van der Waals surface area contributed by atoms with Gasteiger partial charge in [0.05, 0.1) is 0 Å². The SMILES string of the molecule is CCCCCCCCCC(O)OCCCCCC. The Morgan fingerprint density at radius 2 is 1.22 bits per heavy atom. The molecule has 0 radical (unpaired) electrons. The highest BCUT2D eigenvalue weighted by Crippen LogP contribution is 2.10. The number of hydrogen-bond acceptors (Lipinski definition) is 2. The van der Waals surface area contributed by atoms with E-state index in [9.17, 15) is 5.11 Å². The molecule has 0 heterocycles. The molecule has 1 atom stereocenters. The van der Waals surface area contributed by atoms with Crippen LogP contribution in [0.1, 0.15) is 90.9 Å². The smallest absolute Gasteiger partial charge is 0.154 e. The summed E-state index contributed by atoms with van der Waals surface area (Å²) in [6, 6.07) is 0. The van der Waals surface area contributed by atoms with Gasteiger partial charge in [0, 0.05) is 6.61 Å². The number of ether oxygens (including phenoxy) is 1. The van der Waals surface area contributed by atoms with E-state index in [0.717, 1.165) is 25.9 Å². The van der Waals surface area contributed by atoms with E-state index in [1.807, 2.05) is 0 Å². The van der Waals surface area contributed by atoms with Gasteiger partial charge < -0.3 is 9.84 Å². The molecule has 0 bridgehead atoms. The molecule has 0 saturated heterocycles. The minimum atomic E-state index is -0.526. The fourth-order valence-corrected chi connectivity index (χ4v) is 2.11. The standard InChI is InChI=1S/C16H34O2/c1-3-5-7-9-10-11-12-14-16(17)18-15-13-8-6-4-2/h16-17H,3-15H2,1-2H3. The Balaban J connectivity index is 3.09. The van der Waals surface area contributed by atoms with Gasteiger partial charge in [0.2, 0.25) is 0 Å². The Labute approximate surface area is 114 Å². The Morgan fingerprint density at radius 3 is 1.83 bits per heavy atom. The first-order chi connectivity index (χ1) is 8.81. The van der Waals surface area contributed by atoms with Gasteiger partial charge in [-0.25, -0.2) is 0 Å². The highest BCUT2D eigenvalue weighted by atomic mass is 16.6. The van der Waals surface area contributed by atoms with E-state index in [0.29, 0.717) is 0 Å². The third-order valence-electron chi connectivity index (χ3n) is 3.36. The summed E-state index contributed by atoms with van der Waals surface area (Å²) >= 11 is 0. The lowest BCUT2D eigenvalue weighted by molar-refractivity contribution is -0.105. The van der Waals surface area contributed by atoms with Gasteiger partial charge >= 0.3 is 0 Å². The lowest BCUT2D eigenvalue weighted by Gasteiger charge is -2.11. The van der Waals surface area contributed by atoms with Gasteiger partial charge in [-0.05, 0) is 19.3 Å². The fourth-order valence-electron chi connectivity index (χ4n) is 2.11. The van der Waals surface area contributed by atoms with E-state index in [4.69, 9.17) is 4.74 Å². The summed E-state index contributed by atoms with van der Waals surface area (Å²) in [5.41, 5.74) is 0. The van der Waals surface area contributed by atoms with Crippen molar-refractivity contribution in [2.75, 3.05) is 6.61 Å². The Morgan fingerprint density at radius 1 is 0.722 bits per heavy atom. The van der Waals surface area contributed by atoms with Crippen molar-refractivity contribution in [1.29, 1.82) is 0 Å². The molecule has 18 heavy (non-hydrogen) atoms. The Kier molecular flexibility index (Phi) is 14.9. The van der Waals surface area contributed by atoms with Crippen molar-refractivity contribution < 1.29 is 9.84 Å². The number of rotatable bonds is 14. The first-order valence-corrected chi connectivity index (χ1v) is 8.11. The Bertz CT molecular complexity index is 148. The van der Waals surface area contributed by atoms with Gasteiger partial charge in [0.25, 0.3) is 0 Å². The van der Waals surface area contributed by atoms with Crippen molar-refractivity contribution in [3.8, 4) is 0 Å². The van der Waals surface area contributed by atoms with Gasteiger partial charge in [-0.2, -0.15) is 0 Å². The molecule has 0 saturated carbocycles. The number of hydrogen-bond donors (Lipinski definition) is 1. The summed E-state index contributed by atoms with van der Waals surface area (Å²) in [4.78, 5) is 0. The first-order valence-electron chi connectivity index (χ1n) is 8.11. The second-order valence-electron chi connectivity index (χ2n) is 5.30. The predicted molar refractivity (Wildman–Crippen MR) is 78.7 cm³/mol. The summed E-state index contributed by atoms with van der Waals surface area (Å²) in [5, 5.41) is 9.62. The molecule has 2 nitrogen and oxygen atoms in total. The number of aliphatic hydroxyl groups excluding tert-OH is 1. The van der Waals surface area contributed by atoms with Crippen LogP contribution in [0.15, 0.2) is 0 Å². The zero-order chi connectivity index (χ0) is 13.5. The summed E-state index contributed by atoms with van der Waals surface area (Å²) in [7, 11) is 0. The van der Waals surface area contributed by atoms with E-state index in [1.54, 1.807) is 0 Å². The molecule has 2 heteroatoms. The molecule has 0 rings (SSSR count). The summed E-state index contributed by atoms with van der Waals surface area (Å²) < 4.78 is 5.39. The van der Waals surface area contributed by atoms with Gasteiger partial charge in [-0.1, -0.05) is 71.6 Å². The van der Waals surface area contributed by atoms with Gasteiger partial charge in [0.15, 0.2) is 6.29 Å². The van der Waals surface area contributed by atoms with Crippen LogP contribution >= 0.6 is 0 Å². The first kappa shape index (κ1) is 17.9. The molecule has 0 aromatic heterocycles. The molecule has 0 aromatic rings. The molecule has 110 valence electrons. The van der Waals surface area contributed by atoms with E-state index in [2.05, 4.69) is 13.8 Å². The molecule has 0 spiro atoms. The quantitative estimate of drug-likeness (QED) is 0.349. The van der Waals surface area contributed by atoms with Crippen molar-refractivity contribution in [1.82, 2.24) is 0 Å². The molecule has 0 aliphatic heterocycles. The minimum Gasteiger partial charge on any atom is -0.368 e. The van der Waals surface area contributed by atoms with Gasteiger partial charge in [-0.15, -0.1) is 0 Å². The minimum absolute atomic E-state index is 0.526. The van der Waals surface area contributed by atoms with E-state index in [-0.39, 0.29) is 0 Å². The fraction of sp³-hybridized carbons (Fsp3) is 1.00. The molecule has 1 unspecified atom stereocenters. The molecule has 0 amide bonds. The average Bonchev–Trinajstić information content (AvgIpc) is 2.37. The van der Waals surface area contributed by atoms with Crippen molar-refractivity contribution in [3.63, 3.8) is 0 Å². The lowest BCUT2D eigenvalue weighted by atomic mass is 10.1. The maximum atomic E-state index is 9.62. The van der Waals surface area contributed by atoms with E-state index in [1.165, 1.54) is 57.8 Å². The average molecular weight is 258 g/mol. The monoisotopic (exact) mass is 258 g/mol. The molecular formula is C16H34O2. The highest BCUT2D eigenvalue weighted by Gasteiger charge is 2.03. The summed E-state index contributed by atoms with van der Waals surface area (Å²) in [6.07, 6.45) is 14.2.